The first kappa shape index (κ1) is 11.6. The Kier molecular flexibility index (Phi) is 3.01. The van der Waals surface area contributed by atoms with E-state index in [2.05, 4.69) is 10.2 Å². The molecule has 2 fully saturated rings. The Morgan fingerprint density at radius 3 is 2.89 bits per heavy atom. The van der Waals surface area contributed by atoms with Crippen LogP contribution < -0.4 is 10.2 Å². The fourth-order valence-corrected chi connectivity index (χ4v) is 2.69. The fourth-order valence-electron chi connectivity index (χ4n) is 2.69. The van der Waals surface area contributed by atoms with Crippen LogP contribution in [0.5, 0.6) is 0 Å². The van der Waals surface area contributed by atoms with Crippen LogP contribution in [-0.4, -0.2) is 49.6 Å². The second-order valence-corrected chi connectivity index (χ2v) is 4.70. The Balaban J connectivity index is 1.86. The van der Waals surface area contributed by atoms with Crippen LogP contribution in [0.1, 0.15) is 0 Å². The molecule has 5 heteroatoms. The lowest BCUT2D eigenvalue weighted by Crippen LogP contribution is -2.64. The van der Waals surface area contributed by atoms with Crippen LogP contribution in [0, 0.1) is 5.82 Å². The molecule has 0 aliphatic carbocycles. The van der Waals surface area contributed by atoms with Crippen LogP contribution in [0.2, 0.25) is 0 Å². The Morgan fingerprint density at radius 1 is 1.22 bits per heavy atom. The highest BCUT2D eigenvalue weighted by Gasteiger charge is 2.37. The summed E-state index contributed by atoms with van der Waals surface area (Å²) in [6.45, 7) is 3.84. The van der Waals surface area contributed by atoms with E-state index in [1.165, 1.54) is 6.07 Å². The summed E-state index contributed by atoms with van der Waals surface area (Å²) in [5.74, 6) is -0.332. The first-order valence-electron chi connectivity index (χ1n) is 6.28. The van der Waals surface area contributed by atoms with E-state index >= 15 is 0 Å². The van der Waals surface area contributed by atoms with Gasteiger partial charge in [-0.2, -0.15) is 0 Å². The van der Waals surface area contributed by atoms with Gasteiger partial charge >= 0.3 is 0 Å². The predicted molar refractivity (Wildman–Crippen MR) is 67.0 cm³/mol. The van der Waals surface area contributed by atoms with Crippen molar-refractivity contribution in [2.45, 2.75) is 6.04 Å². The van der Waals surface area contributed by atoms with E-state index in [1.807, 2.05) is 0 Å². The zero-order chi connectivity index (χ0) is 12.5. The maximum absolute atomic E-state index is 13.7. The lowest BCUT2D eigenvalue weighted by atomic mass is 10.1. The second-order valence-electron chi connectivity index (χ2n) is 4.70. The summed E-state index contributed by atoms with van der Waals surface area (Å²) in [6, 6.07) is 6.32. The number of anilines is 1. The molecule has 96 valence electrons. The van der Waals surface area contributed by atoms with Gasteiger partial charge in [0.1, 0.15) is 11.9 Å². The molecule has 0 saturated carbocycles. The Bertz CT molecular complexity index is 465. The number of carbonyl (C=O) groups is 1. The number of nitrogens with zero attached hydrogens (tertiary/aromatic N) is 2. The number of amides is 1. The molecule has 1 atom stereocenters. The smallest absolute Gasteiger partial charge is 0.245 e. The summed E-state index contributed by atoms with van der Waals surface area (Å²) in [6.07, 6.45) is 0. The van der Waals surface area contributed by atoms with Gasteiger partial charge in [0.15, 0.2) is 0 Å². The zero-order valence-corrected chi connectivity index (χ0v) is 10.1. The minimum atomic E-state index is -0.330. The highest BCUT2D eigenvalue weighted by atomic mass is 19.1. The maximum Gasteiger partial charge on any atom is 0.245 e. The van der Waals surface area contributed by atoms with E-state index in [0.29, 0.717) is 18.8 Å². The highest BCUT2D eigenvalue weighted by Crippen LogP contribution is 2.23. The van der Waals surface area contributed by atoms with E-state index in [1.54, 1.807) is 23.1 Å². The van der Waals surface area contributed by atoms with Crippen molar-refractivity contribution >= 4 is 11.6 Å². The Hall–Kier alpha value is -1.46. The summed E-state index contributed by atoms with van der Waals surface area (Å²) in [5.41, 5.74) is 0.396. The summed E-state index contributed by atoms with van der Waals surface area (Å²) in [5, 5.41) is 3.22. The van der Waals surface area contributed by atoms with Crippen molar-refractivity contribution in [1.82, 2.24) is 10.2 Å². The van der Waals surface area contributed by atoms with Gasteiger partial charge in [-0.15, -0.1) is 0 Å². The quantitative estimate of drug-likeness (QED) is 0.785. The van der Waals surface area contributed by atoms with Crippen LogP contribution >= 0.6 is 0 Å². The van der Waals surface area contributed by atoms with Crippen molar-refractivity contribution in [2.24, 2.45) is 0 Å². The third-order valence-corrected chi connectivity index (χ3v) is 3.66. The predicted octanol–water partition coefficient (Wildman–Crippen LogP) is 0.446. The topological polar surface area (TPSA) is 35.6 Å². The molecule has 2 aliphatic heterocycles. The van der Waals surface area contributed by atoms with Crippen LogP contribution in [0.3, 0.4) is 0 Å². The number of nitrogens with one attached hydrogen (secondary N) is 1. The number of benzene rings is 1. The fraction of sp³-hybridized carbons (Fsp3) is 0.462. The van der Waals surface area contributed by atoms with Gasteiger partial charge in [-0.3, -0.25) is 9.69 Å². The third kappa shape index (κ3) is 1.89. The molecular weight excluding hydrogens is 233 g/mol. The number of carbonyl (C=O) groups excluding carboxylic acids is 1. The van der Waals surface area contributed by atoms with Crippen molar-refractivity contribution < 1.29 is 9.18 Å². The van der Waals surface area contributed by atoms with Gasteiger partial charge in [-0.25, -0.2) is 4.39 Å². The van der Waals surface area contributed by atoms with Gasteiger partial charge < -0.3 is 10.2 Å². The molecular formula is C13H16FN3O. The molecule has 4 nitrogen and oxygen atoms in total. The van der Waals surface area contributed by atoms with Gasteiger partial charge in [0.2, 0.25) is 5.91 Å². The molecule has 3 rings (SSSR count). The minimum absolute atomic E-state index is 0.00134. The number of rotatable bonds is 1. The molecule has 1 unspecified atom stereocenters. The average Bonchev–Trinajstić information content (AvgIpc) is 2.41. The SMILES string of the molecule is O=C1C2CNCCN2CCN1c1ccccc1F. The van der Waals surface area contributed by atoms with Gasteiger partial charge in [-0.05, 0) is 12.1 Å². The van der Waals surface area contributed by atoms with E-state index in [-0.39, 0.29) is 17.8 Å². The number of halogens is 1. The first-order valence-corrected chi connectivity index (χ1v) is 6.28. The molecule has 2 aliphatic rings. The maximum atomic E-state index is 13.7. The number of para-hydroxylation sites is 1. The number of piperazine rings is 2. The third-order valence-electron chi connectivity index (χ3n) is 3.66. The zero-order valence-electron chi connectivity index (χ0n) is 10.1. The average molecular weight is 249 g/mol. The molecule has 2 saturated heterocycles. The molecule has 0 bridgehead atoms. The van der Waals surface area contributed by atoms with E-state index in [4.69, 9.17) is 0 Å². The Morgan fingerprint density at radius 2 is 2.06 bits per heavy atom. The van der Waals surface area contributed by atoms with Crippen LogP contribution in [-0.2, 0) is 4.79 Å². The molecule has 1 amide bonds. The summed E-state index contributed by atoms with van der Waals surface area (Å²) >= 11 is 0. The minimum Gasteiger partial charge on any atom is -0.313 e. The molecule has 18 heavy (non-hydrogen) atoms. The molecule has 0 spiro atoms. The van der Waals surface area contributed by atoms with Crippen molar-refractivity contribution in [3.63, 3.8) is 0 Å². The summed E-state index contributed by atoms with van der Waals surface area (Å²) in [7, 11) is 0. The molecule has 2 heterocycles. The monoisotopic (exact) mass is 249 g/mol. The molecule has 1 aromatic carbocycles. The lowest BCUT2D eigenvalue weighted by molar-refractivity contribution is -0.126. The van der Waals surface area contributed by atoms with E-state index in [0.717, 1.165) is 19.6 Å². The van der Waals surface area contributed by atoms with Crippen molar-refractivity contribution in [3.8, 4) is 0 Å². The first-order chi connectivity index (χ1) is 8.77. The number of fused-ring (bicyclic) bond motifs is 1. The van der Waals surface area contributed by atoms with Crippen LogP contribution in [0.25, 0.3) is 0 Å². The lowest BCUT2D eigenvalue weighted by Gasteiger charge is -2.43. The van der Waals surface area contributed by atoms with Crippen molar-refractivity contribution in [2.75, 3.05) is 37.6 Å². The van der Waals surface area contributed by atoms with E-state index in [9.17, 15) is 9.18 Å². The summed E-state index contributed by atoms with van der Waals surface area (Å²) in [4.78, 5) is 16.1. The molecule has 0 radical (unpaired) electrons. The van der Waals surface area contributed by atoms with Gasteiger partial charge in [0.25, 0.3) is 0 Å². The van der Waals surface area contributed by atoms with Crippen LogP contribution in [0.15, 0.2) is 24.3 Å². The van der Waals surface area contributed by atoms with Crippen molar-refractivity contribution in [3.05, 3.63) is 30.1 Å². The van der Waals surface area contributed by atoms with E-state index < -0.39 is 0 Å². The highest BCUT2D eigenvalue weighted by molar-refractivity contribution is 5.98. The number of hydrogen-bond acceptors (Lipinski definition) is 3. The Labute approximate surface area is 105 Å². The molecule has 1 N–H and O–H groups in total. The van der Waals surface area contributed by atoms with Crippen LogP contribution in [0.4, 0.5) is 10.1 Å². The normalized spacial score (nSPS) is 25.1. The van der Waals surface area contributed by atoms with Gasteiger partial charge in [0, 0.05) is 32.7 Å². The summed E-state index contributed by atoms with van der Waals surface area (Å²) < 4.78 is 13.7. The molecule has 1 aromatic rings. The largest absolute Gasteiger partial charge is 0.313 e. The van der Waals surface area contributed by atoms with Crippen molar-refractivity contribution in [1.29, 1.82) is 0 Å². The van der Waals surface area contributed by atoms with Gasteiger partial charge in [-0.1, -0.05) is 12.1 Å². The standard InChI is InChI=1S/C13H16FN3O/c14-10-3-1-2-4-11(10)17-8-7-16-6-5-15-9-12(16)13(17)18/h1-4,12,15H,5-9H2. The number of hydrogen-bond donors (Lipinski definition) is 1. The second kappa shape index (κ2) is 4.66. The molecule has 0 aromatic heterocycles. The van der Waals surface area contributed by atoms with Gasteiger partial charge in [0.05, 0.1) is 5.69 Å².